The van der Waals surface area contributed by atoms with E-state index >= 15 is 0 Å². The van der Waals surface area contributed by atoms with E-state index in [1.165, 1.54) is 0 Å². The predicted molar refractivity (Wildman–Crippen MR) is 74.8 cm³/mol. The summed E-state index contributed by atoms with van der Waals surface area (Å²) in [4.78, 5) is 0. The SMILES string of the molecule is COc1cccc(-c2cc3ccccc3o2)c1OC. The van der Waals surface area contributed by atoms with Crippen LogP contribution in [0.5, 0.6) is 11.5 Å². The first-order chi connectivity index (χ1) is 9.33. The molecule has 0 aliphatic heterocycles. The third-order valence-electron chi connectivity index (χ3n) is 3.09. The third-order valence-corrected chi connectivity index (χ3v) is 3.09. The van der Waals surface area contributed by atoms with Gasteiger partial charge in [0, 0.05) is 5.39 Å². The largest absolute Gasteiger partial charge is 0.493 e. The van der Waals surface area contributed by atoms with Crippen LogP contribution in [-0.4, -0.2) is 14.2 Å². The second-order valence-electron chi connectivity index (χ2n) is 4.19. The molecule has 0 saturated carbocycles. The number of benzene rings is 2. The molecule has 3 nitrogen and oxygen atoms in total. The van der Waals surface area contributed by atoms with Crippen LogP contribution in [0.25, 0.3) is 22.3 Å². The van der Waals surface area contributed by atoms with Crippen LogP contribution in [0.3, 0.4) is 0 Å². The lowest BCUT2D eigenvalue weighted by molar-refractivity contribution is 0.355. The Labute approximate surface area is 111 Å². The van der Waals surface area contributed by atoms with E-state index in [1.54, 1.807) is 14.2 Å². The average Bonchev–Trinajstić information content (AvgIpc) is 2.89. The fraction of sp³-hybridized carbons (Fsp3) is 0.125. The van der Waals surface area contributed by atoms with Crippen molar-refractivity contribution in [1.82, 2.24) is 0 Å². The Hall–Kier alpha value is -2.42. The summed E-state index contributed by atoms with van der Waals surface area (Å²) < 4.78 is 16.6. The summed E-state index contributed by atoms with van der Waals surface area (Å²) in [5, 5.41) is 1.07. The van der Waals surface area contributed by atoms with Gasteiger partial charge in [0.25, 0.3) is 0 Å². The lowest BCUT2D eigenvalue weighted by atomic mass is 10.1. The monoisotopic (exact) mass is 254 g/mol. The summed E-state index contributed by atoms with van der Waals surface area (Å²) >= 11 is 0. The van der Waals surface area contributed by atoms with Crippen LogP contribution in [0.2, 0.25) is 0 Å². The zero-order valence-corrected chi connectivity index (χ0v) is 10.8. The van der Waals surface area contributed by atoms with Crippen LogP contribution < -0.4 is 9.47 Å². The normalized spacial score (nSPS) is 10.6. The Balaban J connectivity index is 2.20. The predicted octanol–water partition coefficient (Wildman–Crippen LogP) is 4.12. The summed E-state index contributed by atoms with van der Waals surface area (Å²) in [7, 11) is 3.25. The van der Waals surface area contributed by atoms with Crippen LogP contribution in [-0.2, 0) is 0 Å². The minimum Gasteiger partial charge on any atom is -0.493 e. The molecule has 2 aromatic carbocycles. The number of hydrogen-bond donors (Lipinski definition) is 0. The second-order valence-corrected chi connectivity index (χ2v) is 4.19. The van der Waals surface area contributed by atoms with Gasteiger partial charge in [-0.05, 0) is 24.3 Å². The second kappa shape index (κ2) is 4.69. The fourth-order valence-electron chi connectivity index (χ4n) is 2.20. The molecule has 0 aliphatic carbocycles. The lowest BCUT2D eigenvalue weighted by Gasteiger charge is -2.10. The van der Waals surface area contributed by atoms with E-state index in [2.05, 4.69) is 0 Å². The molecule has 0 unspecified atom stereocenters. The van der Waals surface area contributed by atoms with E-state index in [0.29, 0.717) is 11.5 Å². The average molecular weight is 254 g/mol. The Morgan fingerprint density at radius 3 is 2.47 bits per heavy atom. The van der Waals surface area contributed by atoms with Crippen molar-refractivity contribution >= 4 is 11.0 Å². The molecule has 1 heterocycles. The number of ether oxygens (including phenoxy) is 2. The summed E-state index contributed by atoms with van der Waals surface area (Å²) in [5.41, 5.74) is 1.75. The number of furan rings is 1. The highest BCUT2D eigenvalue weighted by molar-refractivity contribution is 5.84. The van der Waals surface area contributed by atoms with Crippen molar-refractivity contribution in [2.24, 2.45) is 0 Å². The van der Waals surface area contributed by atoms with Crippen LogP contribution >= 0.6 is 0 Å². The van der Waals surface area contributed by atoms with Gasteiger partial charge in [0.2, 0.25) is 0 Å². The summed E-state index contributed by atoms with van der Waals surface area (Å²) in [6.45, 7) is 0. The molecule has 96 valence electrons. The molecule has 19 heavy (non-hydrogen) atoms. The summed E-state index contributed by atoms with van der Waals surface area (Å²) in [6.07, 6.45) is 0. The topological polar surface area (TPSA) is 31.6 Å². The van der Waals surface area contributed by atoms with Gasteiger partial charge in [-0.1, -0.05) is 24.3 Å². The van der Waals surface area contributed by atoms with Crippen molar-refractivity contribution in [1.29, 1.82) is 0 Å². The molecule has 3 heteroatoms. The third kappa shape index (κ3) is 1.93. The van der Waals surface area contributed by atoms with Gasteiger partial charge in [0.05, 0.1) is 19.8 Å². The molecule has 0 aliphatic rings. The van der Waals surface area contributed by atoms with E-state index in [1.807, 2.05) is 48.5 Å². The van der Waals surface area contributed by atoms with E-state index in [-0.39, 0.29) is 0 Å². The van der Waals surface area contributed by atoms with Gasteiger partial charge >= 0.3 is 0 Å². The Morgan fingerprint density at radius 1 is 0.895 bits per heavy atom. The zero-order chi connectivity index (χ0) is 13.2. The zero-order valence-electron chi connectivity index (χ0n) is 10.8. The molecule has 1 aromatic heterocycles. The molecule has 3 aromatic rings. The van der Waals surface area contributed by atoms with Crippen LogP contribution in [0.4, 0.5) is 0 Å². The molecule has 3 rings (SSSR count). The first-order valence-corrected chi connectivity index (χ1v) is 6.03. The summed E-state index contributed by atoms with van der Waals surface area (Å²) in [6, 6.07) is 15.7. The number of hydrogen-bond acceptors (Lipinski definition) is 3. The van der Waals surface area contributed by atoms with E-state index in [9.17, 15) is 0 Å². The van der Waals surface area contributed by atoms with Gasteiger partial charge in [-0.15, -0.1) is 0 Å². The lowest BCUT2D eigenvalue weighted by Crippen LogP contribution is -1.92. The number of rotatable bonds is 3. The van der Waals surface area contributed by atoms with Crippen LogP contribution in [0.1, 0.15) is 0 Å². The molecule has 0 bridgehead atoms. The smallest absolute Gasteiger partial charge is 0.171 e. The van der Waals surface area contributed by atoms with Crippen LogP contribution in [0, 0.1) is 0 Å². The molecule has 0 spiro atoms. The van der Waals surface area contributed by atoms with Crippen LogP contribution in [0.15, 0.2) is 52.9 Å². The van der Waals surface area contributed by atoms with Gasteiger partial charge in [-0.2, -0.15) is 0 Å². The Morgan fingerprint density at radius 2 is 1.74 bits per heavy atom. The molecular weight excluding hydrogens is 240 g/mol. The molecule has 0 atom stereocenters. The maximum atomic E-state index is 5.86. The van der Waals surface area contributed by atoms with Crippen molar-refractivity contribution in [3.05, 3.63) is 48.5 Å². The Bertz CT molecular complexity index is 680. The molecular formula is C16H14O3. The Kier molecular flexibility index (Phi) is 2.88. The van der Waals surface area contributed by atoms with E-state index in [0.717, 1.165) is 22.3 Å². The van der Waals surface area contributed by atoms with Gasteiger partial charge in [0.1, 0.15) is 11.3 Å². The van der Waals surface area contributed by atoms with Crippen molar-refractivity contribution in [3.8, 4) is 22.8 Å². The van der Waals surface area contributed by atoms with Crippen molar-refractivity contribution in [3.63, 3.8) is 0 Å². The maximum Gasteiger partial charge on any atom is 0.171 e. The van der Waals surface area contributed by atoms with Crippen molar-refractivity contribution in [2.75, 3.05) is 14.2 Å². The molecule has 0 N–H and O–H groups in total. The number of para-hydroxylation sites is 2. The number of fused-ring (bicyclic) bond motifs is 1. The van der Waals surface area contributed by atoms with Gasteiger partial charge < -0.3 is 13.9 Å². The van der Waals surface area contributed by atoms with Crippen molar-refractivity contribution < 1.29 is 13.9 Å². The molecule has 0 radical (unpaired) electrons. The molecule has 0 fully saturated rings. The first-order valence-electron chi connectivity index (χ1n) is 6.03. The standard InChI is InChI=1S/C16H14O3/c1-17-14-9-5-7-12(16(14)18-2)15-10-11-6-3-4-8-13(11)19-15/h3-10H,1-2H3. The maximum absolute atomic E-state index is 5.86. The summed E-state index contributed by atoms with van der Waals surface area (Å²) in [5.74, 6) is 2.15. The quantitative estimate of drug-likeness (QED) is 0.704. The van der Waals surface area contributed by atoms with Crippen molar-refractivity contribution in [2.45, 2.75) is 0 Å². The minimum absolute atomic E-state index is 0.684. The van der Waals surface area contributed by atoms with E-state index in [4.69, 9.17) is 13.9 Å². The number of methoxy groups -OCH3 is 2. The fourth-order valence-corrected chi connectivity index (χ4v) is 2.20. The first kappa shape index (κ1) is 11.7. The van der Waals surface area contributed by atoms with Gasteiger partial charge in [0.15, 0.2) is 11.5 Å². The molecule has 0 amide bonds. The minimum atomic E-state index is 0.684. The highest BCUT2D eigenvalue weighted by Crippen LogP contribution is 2.39. The highest BCUT2D eigenvalue weighted by Gasteiger charge is 2.14. The van der Waals surface area contributed by atoms with Gasteiger partial charge in [-0.3, -0.25) is 0 Å². The highest BCUT2D eigenvalue weighted by atomic mass is 16.5. The van der Waals surface area contributed by atoms with Gasteiger partial charge in [-0.25, -0.2) is 0 Å². The molecule has 0 saturated heterocycles. The van der Waals surface area contributed by atoms with E-state index < -0.39 is 0 Å².